The fraction of sp³-hybridized carbons (Fsp3) is 0.550. The topological polar surface area (TPSA) is 383 Å². The normalized spacial score (nSPS) is 14.5. The zero-order valence-electron chi connectivity index (χ0n) is 36.0. The van der Waals surface area contributed by atoms with Gasteiger partial charge >= 0.3 is 5.97 Å². The van der Waals surface area contributed by atoms with Gasteiger partial charge in [-0.2, -0.15) is 11.8 Å². The molecule has 0 aliphatic heterocycles. The number of rotatable bonds is 28. The van der Waals surface area contributed by atoms with Crippen molar-refractivity contribution in [3.63, 3.8) is 0 Å². The molecule has 16 N–H and O–H groups in total. The summed E-state index contributed by atoms with van der Waals surface area (Å²) in [5.41, 5.74) is 22.8. The quantitative estimate of drug-likeness (QED) is 0.0421. The molecule has 348 valence electrons. The summed E-state index contributed by atoms with van der Waals surface area (Å²) in [7, 11) is 0. The molecule has 0 radical (unpaired) electrons. The average Bonchev–Trinajstić information content (AvgIpc) is 3.60. The molecule has 7 atom stereocenters. The minimum atomic E-state index is -1.60. The first-order valence-electron chi connectivity index (χ1n) is 20.2. The Morgan fingerprint density at radius 2 is 1.17 bits per heavy atom. The highest BCUT2D eigenvalue weighted by Gasteiger charge is 2.35. The van der Waals surface area contributed by atoms with Gasteiger partial charge in [0.05, 0.1) is 18.9 Å². The highest BCUT2D eigenvalue weighted by molar-refractivity contribution is 7.98. The predicted molar refractivity (Wildman–Crippen MR) is 233 cm³/mol. The number of primary amides is 3. The maximum absolute atomic E-state index is 13.9. The first kappa shape index (κ1) is 52.9. The van der Waals surface area contributed by atoms with Gasteiger partial charge in [0.25, 0.3) is 0 Å². The Morgan fingerprint density at radius 1 is 0.651 bits per heavy atom. The molecule has 0 unspecified atom stereocenters. The molecule has 0 spiro atoms. The summed E-state index contributed by atoms with van der Waals surface area (Å²) < 4.78 is 0. The number of nitrogens with two attached hydrogens (primary N) is 4. The van der Waals surface area contributed by atoms with E-state index in [9.17, 15) is 53.1 Å². The van der Waals surface area contributed by atoms with E-state index in [1.807, 2.05) is 0 Å². The van der Waals surface area contributed by atoms with Crippen LogP contribution in [0.2, 0.25) is 0 Å². The number of fused-ring (bicyclic) bond motifs is 1. The van der Waals surface area contributed by atoms with Crippen LogP contribution < -0.4 is 54.8 Å². The lowest BCUT2D eigenvalue weighted by molar-refractivity contribution is -0.142. The summed E-state index contributed by atoms with van der Waals surface area (Å²) in [6, 6.07) is -2.65. The van der Waals surface area contributed by atoms with Crippen LogP contribution in [0.5, 0.6) is 0 Å². The van der Waals surface area contributed by atoms with Gasteiger partial charge in [0, 0.05) is 29.9 Å². The Kier molecular flexibility index (Phi) is 21.5. The third-order valence-corrected chi connectivity index (χ3v) is 10.3. The molecular weight excluding hydrogens is 843 g/mol. The molecule has 0 fully saturated rings. The molecule has 2 aromatic rings. The molecule has 0 saturated heterocycles. The Hall–Kier alpha value is -6.23. The number of benzene rings is 1. The number of thioether (sulfide) groups is 1. The minimum Gasteiger partial charge on any atom is -0.480 e. The number of aromatic amines is 1. The SMILES string of the molecule is CSCC[C@H](NC(=O)[C@@H](NC(=O)[C@H](CC(N)=O)NC(=O)[C@@H](N)CC(N)=O)C(C)C)C(=O)N[C@@H](CC(C)C)C(=O)N[C@@H](CCC(N)=O)C(=O)N[C@@H](Cc1c[nH]c2ccccc12)C(=O)O. The second-order valence-corrected chi connectivity index (χ2v) is 16.8. The van der Waals surface area contributed by atoms with E-state index in [0.29, 0.717) is 11.3 Å². The van der Waals surface area contributed by atoms with E-state index in [4.69, 9.17) is 22.9 Å². The monoisotopic (exact) mass is 903 g/mol. The van der Waals surface area contributed by atoms with Gasteiger partial charge in [-0.1, -0.05) is 45.9 Å². The molecule has 22 nitrogen and oxygen atoms in total. The summed E-state index contributed by atoms with van der Waals surface area (Å²) >= 11 is 1.35. The van der Waals surface area contributed by atoms with Gasteiger partial charge in [-0.3, -0.25) is 43.2 Å². The molecule has 0 aliphatic rings. The second kappa shape index (κ2) is 25.6. The first-order valence-corrected chi connectivity index (χ1v) is 21.6. The van der Waals surface area contributed by atoms with Crippen molar-refractivity contribution in [2.75, 3.05) is 12.0 Å². The van der Waals surface area contributed by atoms with Crippen LogP contribution in [0, 0.1) is 11.8 Å². The van der Waals surface area contributed by atoms with E-state index >= 15 is 0 Å². The van der Waals surface area contributed by atoms with E-state index in [2.05, 4.69) is 36.9 Å². The number of aromatic nitrogens is 1. The third-order valence-electron chi connectivity index (χ3n) is 9.65. The molecule has 23 heteroatoms. The summed E-state index contributed by atoms with van der Waals surface area (Å²) in [5.74, 6) is -9.84. The van der Waals surface area contributed by atoms with Gasteiger partial charge < -0.3 is 64.9 Å². The molecule has 63 heavy (non-hydrogen) atoms. The number of hydrogen-bond donors (Lipinski definition) is 12. The highest BCUT2D eigenvalue weighted by Crippen LogP contribution is 2.19. The van der Waals surface area contributed by atoms with Crippen molar-refractivity contribution >= 4 is 81.8 Å². The Bertz CT molecular complexity index is 1970. The van der Waals surface area contributed by atoms with Crippen LogP contribution in [-0.4, -0.2) is 124 Å². The van der Waals surface area contributed by atoms with Crippen molar-refractivity contribution in [1.29, 1.82) is 0 Å². The largest absolute Gasteiger partial charge is 0.480 e. The molecule has 1 aromatic carbocycles. The summed E-state index contributed by atoms with van der Waals surface area (Å²) in [6.45, 7) is 6.71. The molecule has 0 bridgehead atoms. The van der Waals surface area contributed by atoms with Crippen molar-refractivity contribution in [2.24, 2.45) is 34.8 Å². The smallest absolute Gasteiger partial charge is 0.326 e. The van der Waals surface area contributed by atoms with Crippen LogP contribution in [0.15, 0.2) is 30.5 Å². The summed E-state index contributed by atoms with van der Waals surface area (Å²) in [6.07, 6.45) is 1.48. The third kappa shape index (κ3) is 18.0. The van der Waals surface area contributed by atoms with E-state index in [1.165, 1.54) is 11.8 Å². The predicted octanol–water partition coefficient (Wildman–Crippen LogP) is -2.50. The van der Waals surface area contributed by atoms with Crippen molar-refractivity contribution in [2.45, 2.75) is 115 Å². The lowest BCUT2D eigenvalue weighted by Crippen LogP contribution is -2.61. The molecule has 1 aromatic heterocycles. The van der Waals surface area contributed by atoms with Crippen molar-refractivity contribution in [1.82, 2.24) is 36.9 Å². The number of aliphatic carboxylic acids is 1. The molecular formula is C40H61N11O11S. The van der Waals surface area contributed by atoms with Crippen LogP contribution >= 0.6 is 11.8 Å². The lowest BCUT2D eigenvalue weighted by Gasteiger charge is -2.29. The fourth-order valence-electron chi connectivity index (χ4n) is 6.35. The number of hydrogen-bond acceptors (Lipinski definition) is 12. The van der Waals surface area contributed by atoms with Crippen LogP contribution in [0.3, 0.4) is 0 Å². The number of H-pyrrole nitrogens is 1. The van der Waals surface area contributed by atoms with E-state index in [0.717, 1.165) is 10.9 Å². The lowest BCUT2D eigenvalue weighted by atomic mass is 10.00. The number of carbonyl (C=O) groups is 10. The molecule has 1 heterocycles. The number of nitrogens with one attached hydrogen (secondary N) is 7. The zero-order chi connectivity index (χ0) is 47.6. The number of carboxylic acids is 1. The van der Waals surface area contributed by atoms with Crippen LogP contribution in [0.25, 0.3) is 10.9 Å². The van der Waals surface area contributed by atoms with Gasteiger partial charge in [0.1, 0.15) is 36.3 Å². The number of carbonyl (C=O) groups excluding carboxylic acids is 9. The van der Waals surface area contributed by atoms with E-state index in [-0.39, 0.29) is 38.0 Å². The van der Waals surface area contributed by atoms with E-state index < -0.39 is 120 Å². The van der Waals surface area contributed by atoms with Gasteiger partial charge in [-0.05, 0) is 54.7 Å². The Balaban J connectivity index is 2.31. The second-order valence-electron chi connectivity index (χ2n) is 15.8. The number of para-hydroxylation sites is 1. The highest BCUT2D eigenvalue weighted by atomic mass is 32.2. The van der Waals surface area contributed by atoms with Gasteiger partial charge in [-0.15, -0.1) is 0 Å². The first-order chi connectivity index (χ1) is 29.5. The molecule has 9 amide bonds. The zero-order valence-corrected chi connectivity index (χ0v) is 36.8. The van der Waals surface area contributed by atoms with Crippen molar-refractivity contribution in [3.8, 4) is 0 Å². The number of amides is 9. The van der Waals surface area contributed by atoms with E-state index in [1.54, 1.807) is 64.4 Å². The van der Waals surface area contributed by atoms with Crippen molar-refractivity contribution in [3.05, 3.63) is 36.0 Å². The molecule has 0 saturated carbocycles. The maximum atomic E-state index is 13.9. The standard InChI is InChI=1S/C40H61N11O11S/c1-19(2)14-27(37(58)46-25(10-11-30(42)52)35(56)50-29(40(61)62)15-21-18-45-24-9-7-6-8-22(21)24)49-36(57)26(12-13-63-5)47-39(60)33(20(3)4)51-38(59)28(17-32(44)54)48-34(55)23(41)16-31(43)53/h6-9,18-20,23,25-29,33,45H,10-17,41H2,1-5H3,(H2,42,52)(H2,43,53)(H2,44,54)(H,46,58)(H,47,60)(H,48,55)(H,49,57)(H,50,56)(H,51,59)(H,61,62)/t23-,25-,26-,27-,28-,29-,33-/m0/s1. The van der Waals surface area contributed by atoms with Crippen LogP contribution in [0.4, 0.5) is 0 Å². The Morgan fingerprint density at radius 3 is 1.73 bits per heavy atom. The maximum Gasteiger partial charge on any atom is 0.326 e. The van der Waals surface area contributed by atoms with Gasteiger partial charge in [-0.25, -0.2) is 4.79 Å². The number of carboxylic acid groups (broad SMARTS) is 1. The van der Waals surface area contributed by atoms with Gasteiger partial charge in [0.15, 0.2) is 0 Å². The van der Waals surface area contributed by atoms with Crippen molar-refractivity contribution < 1.29 is 53.1 Å². The summed E-state index contributed by atoms with van der Waals surface area (Å²) in [4.78, 5) is 131. The van der Waals surface area contributed by atoms with Crippen LogP contribution in [0.1, 0.15) is 71.8 Å². The fourth-order valence-corrected chi connectivity index (χ4v) is 6.82. The van der Waals surface area contributed by atoms with Crippen LogP contribution in [-0.2, 0) is 54.4 Å². The minimum absolute atomic E-state index is 0.0456. The average molecular weight is 904 g/mol. The Labute approximate surface area is 368 Å². The van der Waals surface area contributed by atoms with Gasteiger partial charge in [0.2, 0.25) is 53.2 Å². The molecule has 2 rings (SSSR count). The summed E-state index contributed by atoms with van der Waals surface area (Å²) in [5, 5.41) is 25.7. The molecule has 0 aliphatic carbocycles.